The molecule has 1 heterocycles. The highest BCUT2D eigenvalue weighted by atomic mass is 35.5. The summed E-state index contributed by atoms with van der Waals surface area (Å²) < 4.78 is 91.2. The van der Waals surface area contributed by atoms with Crippen molar-refractivity contribution in [2.45, 2.75) is 49.3 Å². The molecule has 29 heavy (non-hydrogen) atoms. The van der Waals surface area contributed by atoms with Gasteiger partial charge in [0, 0.05) is 5.57 Å². The first-order valence-electron chi connectivity index (χ1n) is 8.36. The second-order valence-electron chi connectivity index (χ2n) is 6.11. The van der Waals surface area contributed by atoms with Crippen LogP contribution in [-0.2, 0) is 0 Å². The van der Waals surface area contributed by atoms with E-state index < -0.39 is 73.3 Å². The number of anilines is 2. The maximum Gasteiger partial charge on any atom is 0.261 e. The van der Waals surface area contributed by atoms with Gasteiger partial charge < -0.3 is 15.7 Å². The first kappa shape index (κ1) is 23.4. The van der Waals surface area contributed by atoms with Gasteiger partial charge >= 0.3 is 0 Å². The molecule has 0 saturated carbocycles. The van der Waals surface area contributed by atoms with Crippen molar-refractivity contribution in [2.24, 2.45) is 0 Å². The fraction of sp³-hybridized carbons (Fsp3) is 0.667. The van der Waals surface area contributed by atoms with E-state index in [4.69, 9.17) is 11.6 Å². The Morgan fingerprint density at radius 3 is 1.86 bits per heavy atom. The monoisotopic (exact) mass is 451 g/mol. The van der Waals surface area contributed by atoms with Gasteiger partial charge in [0.15, 0.2) is 5.82 Å². The lowest BCUT2D eigenvalue weighted by Crippen LogP contribution is -2.33. The quantitative estimate of drug-likeness (QED) is 0.394. The molecule has 1 aromatic heterocycles. The van der Waals surface area contributed by atoms with Gasteiger partial charge in [-0.1, -0.05) is 0 Å². The lowest BCUT2D eigenvalue weighted by Gasteiger charge is -2.24. The summed E-state index contributed by atoms with van der Waals surface area (Å²) in [6.45, 7) is -3.04. The fourth-order valence-electron chi connectivity index (χ4n) is 2.42. The van der Waals surface area contributed by atoms with Crippen LogP contribution in [0.15, 0.2) is 5.83 Å². The molecular formula is C15H17ClF7N5O. The van der Waals surface area contributed by atoms with Crippen molar-refractivity contribution in [3.8, 4) is 0 Å². The van der Waals surface area contributed by atoms with Gasteiger partial charge in [0.05, 0.1) is 5.38 Å². The Labute approximate surface area is 165 Å². The van der Waals surface area contributed by atoms with Crippen LogP contribution >= 0.6 is 11.6 Å². The van der Waals surface area contributed by atoms with Crippen molar-refractivity contribution in [3.63, 3.8) is 0 Å². The molecule has 0 spiro atoms. The van der Waals surface area contributed by atoms with Crippen molar-refractivity contribution in [2.75, 3.05) is 24.0 Å². The average molecular weight is 452 g/mol. The number of nitrogens with one attached hydrogen (secondary N) is 2. The zero-order valence-corrected chi connectivity index (χ0v) is 15.4. The molecule has 0 amide bonds. The van der Waals surface area contributed by atoms with Gasteiger partial charge in [0.2, 0.25) is 11.9 Å². The third-order valence-electron chi connectivity index (χ3n) is 4.04. The third-order valence-corrected chi connectivity index (χ3v) is 4.49. The molecular weight excluding hydrogens is 435 g/mol. The molecule has 2 rings (SSSR count). The van der Waals surface area contributed by atoms with Crippen LogP contribution in [0, 0.1) is 0 Å². The van der Waals surface area contributed by atoms with Crippen LogP contribution < -0.4 is 10.6 Å². The predicted molar refractivity (Wildman–Crippen MR) is 91.5 cm³/mol. The summed E-state index contributed by atoms with van der Waals surface area (Å²) in [6.07, 6.45) is -7.98. The third kappa shape index (κ3) is 5.81. The number of nitrogens with zero attached hydrogens (tertiary/aromatic N) is 3. The van der Waals surface area contributed by atoms with Crippen molar-refractivity contribution in [1.29, 1.82) is 0 Å². The summed E-state index contributed by atoms with van der Waals surface area (Å²) in [5.41, 5.74) is -0.259. The molecule has 4 atom stereocenters. The molecule has 1 aromatic rings. The highest BCUT2D eigenvalue weighted by Crippen LogP contribution is 2.35. The first-order chi connectivity index (χ1) is 13.7. The molecule has 4 unspecified atom stereocenters. The molecule has 1 aliphatic carbocycles. The number of aliphatic hydroxyl groups is 1. The number of hydrogen-bond acceptors (Lipinski definition) is 6. The van der Waals surface area contributed by atoms with Gasteiger partial charge in [-0.25, -0.2) is 30.7 Å². The molecule has 0 saturated heterocycles. The number of halogens is 8. The minimum Gasteiger partial charge on any atom is -0.384 e. The van der Waals surface area contributed by atoms with Crippen LogP contribution in [0.1, 0.15) is 18.7 Å². The summed E-state index contributed by atoms with van der Waals surface area (Å²) >= 11 is 5.77. The zero-order valence-electron chi connectivity index (χ0n) is 14.6. The number of aromatic nitrogens is 3. The average Bonchev–Trinajstić information content (AvgIpc) is 2.67. The molecule has 14 heteroatoms. The van der Waals surface area contributed by atoms with Crippen molar-refractivity contribution < 1.29 is 35.8 Å². The number of alkyl halides is 7. The number of rotatable bonds is 9. The molecule has 0 aromatic carbocycles. The Hall–Kier alpha value is -1.89. The normalized spacial score (nSPS) is 22.2. The van der Waals surface area contributed by atoms with Crippen LogP contribution in [0.25, 0.3) is 5.57 Å². The number of hydrogen-bond donors (Lipinski definition) is 3. The Kier molecular flexibility index (Phi) is 8.25. The van der Waals surface area contributed by atoms with Crippen LogP contribution in [-0.4, -0.2) is 69.8 Å². The second-order valence-corrected chi connectivity index (χ2v) is 6.67. The standard InChI is InChI=1S/C15H17ClF7N5O/c16-6-2-1-5(9(19)10(6)29)13-26-14(24-7(3-17)11(20)21)28-15(27-13)25-8(4-18)12(22)23/h6-8,10-12,29H,1-4H2,(H2,24,25,26,27,28). The summed E-state index contributed by atoms with van der Waals surface area (Å²) in [7, 11) is 0. The summed E-state index contributed by atoms with van der Waals surface area (Å²) in [6, 6.07) is -4.07. The molecule has 1 aliphatic rings. The molecule has 0 bridgehead atoms. The highest BCUT2D eigenvalue weighted by molar-refractivity contribution is 6.21. The van der Waals surface area contributed by atoms with Crippen LogP contribution in [0.4, 0.5) is 42.6 Å². The summed E-state index contributed by atoms with van der Waals surface area (Å²) in [4.78, 5) is 11.0. The molecule has 0 aliphatic heterocycles. The lowest BCUT2D eigenvalue weighted by molar-refractivity contribution is 0.112. The van der Waals surface area contributed by atoms with E-state index in [0.29, 0.717) is 0 Å². The SMILES string of the molecule is OC1C(F)=C(c2nc(NC(CF)C(F)F)nc(NC(CF)C(F)F)n2)CCC1Cl. The summed E-state index contributed by atoms with van der Waals surface area (Å²) in [5.74, 6) is -2.92. The van der Waals surface area contributed by atoms with Gasteiger partial charge in [-0.15, -0.1) is 11.6 Å². The molecule has 164 valence electrons. The van der Waals surface area contributed by atoms with E-state index in [-0.39, 0.29) is 18.4 Å². The van der Waals surface area contributed by atoms with E-state index in [0.717, 1.165) is 0 Å². The Morgan fingerprint density at radius 2 is 1.45 bits per heavy atom. The van der Waals surface area contributed by atoms with Crippen LogP contribution in [0.2, 0.25) is 0 Å². The molecule has 0 radical (unpaired) electrons. The van der Waals surface area contributed by atoms with E-state index in [2.05, 4.69) is 15.0 Å². The van der Waals surface area contributed by atoms with Crippen LogP contribution in [0.3, 0.4) is 0 Å². The first-order valence-corrected chi connectivity index (χ1v) is 8.80. The molecule has 3 N–H and O–H groups in total. The van der Waals surface area contributed by atoms with Gasteiger partial charge in [0.25, 0.3) is 12.9 Å². The Balaban J connectivity index is 2.46. The topological polar surface area (TPSA) is 83.0 Å². The number of aliphatic hydroxyl groups excluding tert-OH is 1. The number of allylic oxidation sites excluding steroid dienone is 1. The van der Waals surface area contributed by atoms with Gasteiger partial charge in [0.1, 0.15) is 37.4 Å². The smallest absolute Gasteiger partial charge is 0.261 e. The van der Waals surface area contributed by atoms with E-state index in [9.17, 15) is 35.8 Å². The fourth-order valence-corrected chi connectivity index (χ4v) is 2.64. The maximum atomic E-state index is 14.4. The minimum atomic E-state index is -3.17. The van der Waals surface area contributed by atoms with E-state index in [1.54, 1.807) is 0 Å². The molecule has 0 fully saturated rings. The van der Waals surface area contributed by atoms with Crippen molar-refractivity contribution in [1.82, 2.24) is 15.0 Å². The van der Waals surface area contributed by atoms with Crippen molar-refractivity contribution in [3.05, 3.63) is 11.7 Å². The van der Waals surface area contributed by atoms with E-state index in [1.165, 1.54) is 0 Å². The predicted octanol–water partition coefficient (Wildman–Crippen LogP) is 3.34. The maximum absolute atomic E-state index is 14.4. The Bertz CT molecular complexity index is 690. The van der Waals surface area contributed by atoms with E-state index >= 15 is 0 Å². The zero-order chi connectivity index (χ0) is 21.7. The summed E-state index contributed by atoms with van der Waals surface area (Å²) in [5, 5.41) is 12.8. The van der Waals surface area contributed by atoms with Gasteiger partial charge in [-0.2, -0.15) is 15.0 Å². The molecule has 6 nitrogen and oxygen atoms in total. The van der Waals surface area contributed by atoms with Crippen molar-refractivity contribution >= 4 is 29.1 Å². The minimum absolute atomic E-state index is 0.0667. The van der Waals surface area contributed by atoms with Gasteiger partial charge in [-0.3, -0.25) is 0 Å². The largest absolute Gasteiger partial charge is 0.384 e. The Morgan fingerprint density at radius 1 is 0.966 bits per heavy atom. The van der Waals surface area contributed by atoms with Crippen LogP contribution in [0.5, 0.6) is 0 Å². The highest BCUT2D eigenvalue weighted by Gasteiger charge is 2.32. The van der Waals surface area contributed by atoms with Gasteiger partial charge in [-0.05, 0) is 12.8 Å². The lowest BCUT2D eigenvalue weighted by atomic mass is 9.95. The second kappa shape index (κ2) is 10.2. The van der Waals surface area contributed by atoms with E-state index in [1.807, 2.05) is 10.6 Å².